The molecule has 0 saturated carbocycles. The van der Waals surface area contributed by atoms with Crippen molar-refractivity contribution in [2.24, 2.45) is 0 Å². The number of benzene rings is 1. The van der Waals surface area contributed by atoms with E-state index in [2.05, 4.69) is 5.32 Å². The lowest BCUT2D eigenvalue weighted by Crippen LogP contribution is -2.29. The molecule has 116 valence electrons. The normalized spacial score (nSPS) is 22.0. The minimum Gasteiger partial charge on any atom is -0.491 e. The highest BCUT2D eigenvalue weighted by Gasteiger charge is 2.19. The van der Waals surface area contributed by atoms with E-state index in [9.17, 15) is 14.3 Å². The molecule has 1 aliphatic heterocycles. The molecule has 0 radical (unpaired) electrons. The van der Waals surface area contributed by atoms with E-state index < -0.39 is 15.7 Å². The highest BCUT2D eigenvalue weighted by Crippen LogP contribution is 2.28. The molecule has 1 fully saturated rings. The average Bonchev–Trinajstić information content (AvgIpc) is 2.40. The summed E-state index contributed by atoms with van der Waals surface area (Å²) in [5.74, 6) is 1.85. The van der Waals surface area contributed by atoms with Gasteiger partial charge >= 0.3 is 0 Å². The maximum absolute atomic E-state index is 11.4. The average molecular weight is 312 g/mol. The van der Waals surface area contributed by atoms with Crippen LogP contribution in [0.2, 0.25) is 0 Å². The topological polar surface area (TPSA) is 81.5 Å². The van der Waals surface area contributed by atoms with Gasteiger partial charge in [0.25, 0.3) is 5.69 Å². The summed E-state index contributed by atoms with van der Waals surface area (Å²) in [5, 5.41) is 14.3. The molecule has 0 aliphatic carbocycles. The third-order valence-electron chi connectivity index (χ3n) is 3.23. The molecule has 1 N–H and O–H groups in total. The first-order valence-corrected chi connectivity index (χ1v) is 8.50. The Kier molecular flexibility index (Phi) is 5.17. The van der Waals surface area contributed by atoms with Gasteiger partial charge in [-0.2, -0.15) is 0 Å². The number of hydrogen-bond donors (Lipinski definition) is 1. The number of non-ortho nitro benzene ring substituents is 1. The summed E-state index contributed by atoms with van der Waals surface area (Å²) < 4.78 is 16.9. The largest absolute Gasteiger partial charge is 0.491 e. The molecule has 6 nitrogen and oxygen atoms in total. The van der Waals surface area contributed by atoms with Crippen LogP contribution >= 0.6 is 0 Å². The summed E-state index contributed by atoms with van der Waals surface area (Å²) in [4.78, 5) is 10.6. The van der Waals surface area contributed by atoms with Gasteiger partial charge in [-0.3, -0.25) is 14.3 Å². The summed E-state index contributed by atoms with van der Waals surface area (Å²) in [6.45, 7) is 3.75. The minimum absolute atomic E-state index is 0.00929. The zero-order chi connectivity index (χ0) is 15.4. The molecule has 1 heterocycles. The molecule has 1 aromatic rings. The molecule has 1 aliphatic rings. The van der Waals surface area contributed by atoms with E-state index in [0.717, 1.165) is 12.8 Å². The number of rotatable bonds is 5. The molecule has 1 saturated heterocycles. The zero-order valence-corrected chi connectivity index (χ0v) is 13.0. The number of nitro benzene ring substituents is 1. The highest BCUT2D eigenvalue weighted by molar-refractivity contribution is 7.85. The maximum atomic E-state index is 11.4. The van der Waals surface area contributed by atoms with Gasteiger partial charge in [0, 0.05) is 46.2 Å². The Morgan fingerprint density at radius 1 is 1.33 bits per heavy atom. The Balaban J connectivity index is 2.15. The van der Waals surface area contributed by atoms with Crippen LogP contribution in [0.15, 0.2) is 18.2 Å². The van der Waals surface area contributed by atoms with Crippen LogP contribution in [-0.2, 0) is 10.8 Å². The van der Waals surface area contributed by atoms with Gasteiger partial charge in [-0.25, -0.2) is 0 Å². The number of nitro groups is 1. The van der Waals surface area contributed by atoms with Crippen LogP contribution < -0.4 is 10.1 Å². The fourth-order valence-corrected chi connectivity index (χ4v) is 3.59. The van der Waals surface area contributed by atoms with Crippen molar-refractivity contribution in [1.29, 1.82) is 0 Å². The molecule has 1 aromatic carbocycles. The lowest BCUT2D eigenvalue weighted by molar-refractivity contribution is -0.384. The third-order valence-corrected chi connectivity index (χ3v) is 4.61. The van der Waals surface area contributed by atoms with Gasteiger partial charge in [0.05, 0.1) is 17.1 Å². The van der Waals surface area contributed by atoms with E-state index in [1.807, 2.05) is 13.8 Å². The molecule has 0 bridgehead atoms. The molecule has 0 unspecified atom stereocenters. The van der Waals surface area contributed by atoms with Crippen molar-refractivity contribution in [1.82, 2.24) is 0 Å². The van der Waals surface area contributed by atoms with Gasteiger partial charge in [0.2, 0.25) is 0 Å². The van der Waals surface area contributed by atoms with Gasteiger partial charge in [-0.15, -0.1) is 0 Å². The summed E-state index contributed by atoms with van der Waals surface area (Å²) in [6.07, 6.45) is 1.59. The van der Waals surface area contributed by atoms with Gasteiger partial charge in [0.15, 0.2) is 0 Å². The van der Waals surface area contributed by atoms with Crippen molar-refractivity contribution >= 4 is 22.2 Å². The van der Waals surface area contributed by atoms with Crippen molar-refractivity contribution in [3.63, 3.8) is 0 Å². The SMILES string of the molecule is CC(C)Oc1cc(NC2CCS(=O)CC2)cc([N+](=O)[O-])c1. The second kappa shape index (κ2) is 6.89. The van der Waals surface area contributed by atoms with E-state index >= 15 is 0 Å². The van der Waals surface area contributed by atoms with Crippen LogP contribution in [0, 0.1) is 10.1 Å². The fourth-order valence-electron chi connectivity index (χ4n) is 2.29. The van der Waals surface area contributed by atoms with Crippen LogP contribution in [0.1, 0.15) is 26.7 Å². The first-order valence-electron chi connectivity index (χ1n) is 7.01. The smallest absolute Gasteiger partial charge is 0.275 e. The monoisotopic (exact) mass is 312 g/mol. The summed E-state index contributed by atoms with van der Waals surface area (Å²) in [5.41, 5.74) is 0.688. The van der Waals surface area contributed by atoms with Crippen molar-refractivity contribution in [3.8, 4) is 5.75 Å². The van der Waals surface area contributed by atoms with Crippen molar-refractivity contribution in [3.05, 3.63) is 28.3 Å². The van der Waals surface area contributed by atoms with E-state index in [1.54, 1.807) is 6.07 Å². The Hall–Kier alpha value is -1.63. The molecular formula is C14H20N2O4S. The molecule has 0 atom stereocenters. The number of hydrogen-bond acceptors (Lipinski definition) is 5. The molecule has 0 aromatic heterocycles. The Morgan fingerprint density at radius 3 is 2.57 bits per heavy atom. The zero-order valence-electron chi connectivity index (χ0n) is 12.2. The van der Waals surface area contributed by atoms with Crippen LogP contribution in [-0.4, -0.2) is 32.8 Å². The minimum atomic E-state index is -0.716. The third kappa shape index (κ3) is 4.70. The summed E-state index contributed by atoms with van der Waals surface area (Å²) >= 11 is 0. The molecule has 7 heteroatoms. The highest BCUT2D eigenvalue weighted by atomic mass is 32.2. The predicted octanol–water partition coefficient (Wildman–Crippen LogP) is 2.71. The lowest BCUT2D eigenvalue weighted by atomic mass is 10.1. The van der Waals surface area contributed by atoms with Crippen LogP contribution in [0.3, 0.4) is 0 Å². The van der Waals surface area contributed by atoms with E-state index in [-0.39, 0.29) is 17.8 Å². The molecule has 0 spiro atoms. The van der Waals surface area contributed by atoms with Crippen molar-refractivity contribution < 1.29 is 13.9 Å². The number of nitrogens with one attached hydrogen (secondary N) is 1. The Morgan fingerprint density at radius 2 is 2.00 bits per heavy atom. The first-order chi connectivity index (χ1) is 9.94. The predicted molar refractivity (Wildman–Crippen MR) is 83.4 cm³/mol. The van der Waals surface area contributed by atoms with Gasteiger partial charge in [-0.05, 0) is 26.7 Å². The summed E-state index contributed by atoms with van der Waals surface area (Å²) in [7, 11) is -0.716. The molecule has 0 amide bonds. The molecule has 21 heavy (non-hydrogen) atoms. The van der Waals surface area contributed by atoms with Crippen LogP contribution in [0.5, 0.6) is 5.75 Å². The molecule has 2 rings (SSSR count). The second-order valence-corrected chi connectivity index (χ2v) is 7.10. The maximum Gasteiger partial charge on any atom is 0.275 e. The number of anilines is 1. The fraction of sp³-hybridized carbons (Fsp3) is 0.571. The van der Waals surface area contributed by atoms with E-state index in [1.165, 1.54) is 12.1 Å². The standard InChI is InChI=1S/C14H20N2O4S/c1-10(2)20-14-8-12(7-13(9-14)16(17)18)15-11-3-5-21(19)6-4-11/h7-11,15H,3-6H2,1-2H3. The van der Waals surface area contributed by atoms with E-state index in [4.69, 9.17) is 4.74 Å². The lowest BCUT2D eigenvalue weighted by Gasteiger charge is -2.24. The van der Waals surface area contributed by atoms with Gasteiger partial charge in [-0.1, -0.05) is 0 Å². The number of nitrogens with zero attached hydrogens (tertiary/aromatic N) is 1. The first kappa shape index (κ1) is 15.8. The Bertz CT molecular complexity index is 538. The van der Waals surface area contributed by atoms with E-state index in [0.29, 0.717) is 22.9 Å². The second-order valence-electron chi connectivity index (χ2n) is 5.41. The quantitative estimate of drug-likeness (QED) is 0.668. The number of ether oxygens (including phenoxy) is 1. The van der Waals surface area contributed by atoms with Crippen LogP contribution in [0.25, 0.3) is 0 Å². The van der Waals surface area contributed by atoms with Gasteiger partial charge < -0.3 is 10.1 Å². The van der Waals surface area contributed by atoms with Crippen molar-refractivity contribution in [2.45, 2.75) is 38.8 Å². The Labute approximate surface area is 126 Å². The summed E-state index contributed by atoms with van der Waals surface area (Å²) in [6, 6.07) is 4.93. The van der Waals surface area contributed by atoms with Crippen LogP contribution in [0.4, 0.5) is 11.4 Å². The van der Waals surface area contributed by atoms with Gasteiger partial charge in [0.1, 0.15) is 5.75 Å². The van der Waals surface area contributed by atoms with Crippen molar-refractivity contribution in [2.75, 3.05) is 16.8 Å². The molecular weight excluding hydrogens is 292 g/mol.